The lowest BCUT2D eigenvalue weighted by Crippen LogP contribution is -2.30. The Bertz CT molecular complexity index is 1020. The third kappa shape index (κ3) is 3.41. The molecule has 3 heterocycles. The van der Waals surface area contributed by atoms with Gasteiger partial charge >= 0.3 is 0 Å². The van der Waals surface area contributed by atoms with Gasteiger partial charge in [0.2, 0.25) is 0 Å². The molecular formula is C19H18N6O. The quantitative estimate of drug-likeness (QED) is 0.428. The Morgan fingerprint density at radius 1 is 1.12 bits per heavy atom. The maximum atomic E-state index is 5.87. The molecule has 0 aliphatic rings. The molecule has 3 N–H and O–H groups in total. The summed E-state index contributed by atoms with van der Waals surface area (Å²) in [6.45, 7) is 0.960. The van der Waals surface area contributed by atoms with E-state index in [1.807, 2.05) is 53.1 Å². The molecule has 0 spiro atoms. The van der Waals surface area contributed by atoms with E-state index in [1.54, 1.807) is 18.8 Å². The Labute approximate surface area is 150 Å². The molecule has 0 atom stereocenters. The number of imidazole rings is 1. The molecule has 0 saturated heterocycles. The minimum atomic E-state index is 0.367. The van der Waals surface area contributed by atoms with Crippen LogP contribution in [-0.2, 0) is 13.1 Å². The Morgan fingerprint density at radius 2 is 2.04 bits per heavy atom. The van der Waals surface area contributed by atoms with E-state index in [2.05, 4.69) is 20.3 Å². The van der Waals surface area contributed by atoms with Crippen LogP contribution in [-0.4, -0.2) is 20.5 Å². The SMILES string of the molecule is NC(=NCc1ccc(-n2cnc3ccccc32)nc1)NCc1ccco1. The van der Waals surface area contributed by atoms with Crippen LogP contribution in [0.3, 0.4) is 0 Å². The number of guanidine groups is 1. The highest BCUT2D eigenvalue weighted by molar-refractivity contribution is 5.78. The summed E-state index contributed by atoms with van der Waals surface area (Å²) < 4.78 is 7.20. The first-order valence-corrected chi connectivity index (χ1v) is 8.23. The van der Waals surface area contributed by atoms with Crippen LogP contribution in [0.1, 0.15) is 11.3 Å². The van der Waals surface area contributed by atoms with Gasteiger partial charge in [0.25, 0.3) is 0 Å². The molecule has 7 heteroatoms. The lowest BCUT2D eigenvalue weighted by atomic mass is 10.3. The van der Waals surface area contributed by atoms with E-state index in [9.17, 15) is 0 Å². The van der Waals surface area contributed by atoms with Crippen LogP contribution < -0.4 is 11.1 Å². The standard InChI is InChI=1S/C19H18N6O/c20-19(23-12-15-4-3-9-26-15)22-11-14-7-8-18(21-10-14)25-13-24-16-5-1-2-6-17(16)25/h1-10,13H,11-12H2,(H3,20,22,23). The summed E-state index contributed by atoms with van der Waals surface area (Å²) in [5.41, 5.74) is 8.81. The van der Waals surface area contributed by atoms with E-state index in [-0.39, 0.29) is 0 Å². The fourth-order valence-electron chi connectivity index (χ4n) is 2.62. The summed E-state index contributed by atoms with van der Waals surface area (Å²) in [4.78, 5) is 13.2. The van der Waals surface area contributed by atoms with E-state index in [0.29, 0.717) is 19.0 Å². The maximum absolute atomic E-state index is 5.87. The molecule has 0 radical (unpaired) electrons. The number of hydrogen-bond acceptors (Lipinski definition) is 4. The van der Waals surface area contributed by atoms with Crippen molar-refractivity contribution in [1.82, 2.24) is 19.9 Å². The normalized spacial score (nSPS) is 11.8. The molecule has 0 bridgehead atoms. The molecule has 26 heavy (non-hydrogen) atoms. The zero-order valence-corrected chi connectivity index (χ0v) is 14.0. The summed E-state index contributed by atoms with van der Waals surface area (Å²) in [6.07, 6.45) is 5.20. The molecule has 0 aliphatic carbocycles. The molecule has 0 unspecified atom stereocenters. The number of benzene rings is 1. The van der Waals surface area contributed by atoms with E-state index >= 15 is 0 Å². The smallest absolute Gasteiger partial charge is 0.189 e. The van der Waals surface area contributed by atoms with Gasteiger partial charge in [-0.15, -0.1) is 0 Å². The van der Waals surface area contributed by atoms with Gasteiger partial charge in [0, 0.05) is 6.20 Å². The van der Waals surface area contributed by atoms with Crippen molar-refractivity contribution in [3.63, 3.8) is 0 Å². The number of rotatable bonds is 5. The van der Waals surface area contributed by atoms with E-state index < -0.39 is 0 Å². The second-order valence-electron chi connectivity index (χ2n) is 5.76. The van der Waals surface area contributed by atoms with Crippen molar-refractivity contribution < 1.29 is 4.42 Å². The minimum absolute atomic E-state index is 0.367. The summed E-state index contributed by atoms with van der Waals surface area (Å²) in [5.74, 6) is 1.99. The Balaban J connectivity index is 1.42. The molecule has 4 rings (SSSR count). The van der Waals surface area contributed by atoms with Gasteiger partial charge in [-0.05, 0) is 35.9 Å². The molecule has 0 aliphatic heterocycles. The maximum Gasteiger partial charge on any atom is 0.189 e. The zero-order valence-electron chi connectivity index (χ0n) is 14.0. The van der Waals surface area contributed by atoms with Crippen molar-refractivity contribution in [2.45, 2.75) is 13.1 Å². The number of aromatic nitrogens is 3. The molecule has 130 valence electrons. The number of para-hydroxylation sites is 2. The highest BCUT2D eigenvalue weighted by atomic mass is 16.3. The largest absolute Gasteiger partial charge is 0.467 e. The fraction of sp³-hybridized carbons (Fsp3) is 0.105. The predicted octanol–water partition coefficient (Wildman–Crippen LogP) is 2.62. The average molecular weight is 346 g/mol. The van der Waals surface area contributed by atoms with E-state index in [4.69, 9.17) is 10.2 Å². The minimum Gasteiger partial charge on any atom is -0.467 e. The number of hydrogen-bond donors (Lipinski definition) is 2. The van der Waals surface area contributed by atoms with Crippen molar-refractivity contribution >= 4 is 17.0 Å². The van der Waals surface area contributed by atoms with Crippen LogP contribution in [0.15, 0.2) is 76.7 Å². The molecule has 3 aromatic heterocycles. The van der Waals surface area contributed by atoms with Gasteiger partial charge in [0.15, 0.2) is 5.96 Å². The molecular weight excluding hydrogens is 328 g/mol. The van der Waals surface area contributed by atoms with Crippen LogP contribution in [0.25, 0.3) is 16.9 Å². The highest BCUT2D eigenvalue weighted by Crippen LogP contribution is 2.16. The Kier molecular flexibility index (Phi) is 4.34. The summed E-state index contributed by atoms with van der Waals surface area (Å²) in [6, 6.07) is 15.6. The third-order valence-corrected chi connectivity index (χ3v) is 3.97. The molecule has 0 saturated carbocycles. The zero-order chi connectivity index (χ0) is 17.8. The van der Waals surface area contributed by atoms with Gasteiger partial charge in [-0.2, -0.15) is 0 Å². The molecule has 4 aromatic rings. The first kappa shape index (κ1) is 15.9. The number of pyridine rings is 1. The van der Waals surface area contributed by atoms with Gasteiger partial charge in [0.05, 0.1) is 30.4 Å². The van der Waals surface area contributed by atoms with Gasteiger partial charge < -0.3 is 15.5 Å². The number of fused-ring (bicyclic) bond motifs is 1. The fourth-order valence-corrected chi connectivity index (χ4v) is 2.62. The van der Waals surface area contributed by atoms with Gasteiger partial charge in [-0.3, -0.25) is 4.57 Å². The average Bonchev–Trinajstić information content (AvgIpc) is 3.35. The van der Waals surface area contributed by atoms with Crippen LogP contribution in [0.5, 0.6) is 0 Å². The monoisotopic (exact) mass is 346 g/mol. The topological polar surface area (TPSA) is 94.3 Å². The van der Waals surface area contributed by atoms with Crippen LogP contribution in [0.2, 0.25) is 0 Å². The summed E-state index contributed by atoms with van der Waals surface area (Å²) in [5, 5.41) is 3.01. The lowest BCUT2D eigenvalue weighted by Gasteiger charge is -2.05. The van der Waals surface area contributed by atoms with Crippen molar-refractivity contribution in [2.24, 2.45) is 10.7 Å². The number of nitrogens with one attached hydrogen (secondary N) is 1. The number of nitrogens with two attached hydrogens (primary N) is 1. The van der Waals surface area contributed by atoms with Crippen LogP contribution >= 0.6 is 0 Å². The van der Waals surface area contributed by atoms with E-state index in [0.717, 1.165) is 28.2 Å². The number of nitrogens with zero attached hydrogens (tertiary/aromatic N) is 4. The van der Waals surface area contributed by atoms with Gasteiger partial charge in [0.1, 0.15) is 17.9 Å². The Morgan fingerprint density at radius 3 is 2.85 bits per heavy atom. The highest BCUT2D eigenvalue weighted by Gasteiger charge is 2.05. The second-order valence-corrected chi connectivity index (χ2v) is 5.76. The Hall–Kier alpha value is -3.61. The molecule has 1 aromatic carbocycles. The lowest BCUT2D eigenvalue weighted by molar-refractivity contribution is 0.502. The summed E-state index contributed by atoms with van der Waals surface area (Å²) >= 11 is 0. The van der Waals surface area contributed by atoms with E-state index in [1.165, 1.54) is 0 Å². The third-order valence-electron chi connectivity index (χ3n) is 3.97. The second kappa shape index (κ2) is 7.10. The van der Waals surface area contributed by atoms with Crippen molar-refractivity contribution in [3.05, 3.63) is 78.6 Å². The number of aliphatic imine (C=N–C) groups is 1. The van der Waals surface area contributed by atoms with Gasteiger partial charge in [-0.1, -0.05) is 18.2 Å². The predicted molar refractivity (Wildman–Crippen MR) is 99.7 cm³/mol. The van der Waals surface area contributed by atoms with Crippen molar-refractivity contribution in [2.75, 3.05) is 0 Å². The van der Waals surface area contributed by atoms with Crippen LogP contribution in [0.4, 0.5) is 0 Å². The van der Waals surface area contributed by atoms with Crippen molar-refractivity contribution in [1.29, 1.82) is 0 Å². The molecule has 0 fully saturated rings. The first-order valence-electron chi connectivity index (χ1n) is 8.23. The van der Waals surface area contributed by atoms with Gasteiger partial charge in [-0.25, -0.2) is 15.0 Å². The van der Waals surface area contributed by atoms with Crippen molar-refractivity contribution in [3.8, 4) is 5.82 Å². The summed E-state index contributed by atoms with van der Waals surface area (Å²) in [7, 11) is 0. The molecule has 7 nitrogen and oxygen atoms in total. The van der Waals surface area contributed by atoms with Crippen LogP contribution in [0, 0.1) is 0 Å². The first-order chi connectivity index (χ1) is 12.8. The molecule has 0 amide bonds. The number of furan rings is 1.